The molecular formula is C28H25FN4O3. The summed E-state index contributed by atoms with van der Waals surface area (Å²) >= 11 is 0. The Labute approximate surface area is 207 Å². The molecule has 1 amide bonds. The van der Waals surface area contributed by atoms with Crippen LogP contribution in [0.2, 0.25) is 0 Å². The van der Waals surface area contributed by atoms with Crippen molar-refractivity contribution >= 4 is 28.4 Å². The molecule has 1 atom stereocenters. The fourth-order valence-corrected chi connectivity index (χ4v) is 4.24. The minimum atomic E-state index is -0.529. The van der Waals surface area contributed by atoms with Crippen molar-refractivity contribution in [2.45, 2.75) is 39.2 Å². The molecule has 0 bridgehead atoms. The van der Waals surface area contributed by atoms with Gasteiger partial charge in [-0.15, -0.1) is 0 Å². The standard InChI is InChI=1S/C28H25FN4O3/c1-3-16(2)36-28(35)31-26-15-19-10-9-18(14-24(19)30-26)22-12-17(8-11-23(22)29)13-25-20-6-4-5-7-21(20)27(34)33-32-25/h4-12,14,16H,3,13,15H2,1-2H3,(H,33,34)(H,30,31,35). The van der Waals surface area contributed by atoms with Crippen molar-refractivity contribution in [3.8, 4) is 11.1 Å². The van der Waals surface area contributed by atoms with Gasteiger partial charge in [-0.25, -0.2) is 19.3 Å². The molecule has 1 aliphatic heterocycles. The van der Waals surface area contributed by atoms with Crippen LogP contribution in [0.25, 0.3) is 21.9 Å². The normalized spacial score (nSPS) is 13.2. The average Bonchev–Trinajstić information content (AvgIpc) is 3.28. The zero-order valence-corrected chi connectivity index (χ0v) is 20.0. The molecule has 0 saturated carbocycles. The number of amides is 1. The lowest BCUT2D eigenvalue weighted by Gasteiger charge is -2.11. The van der Waals surface area contributed by atoms with Crippen LogP contribution < -0.4 is 10.9 Å². The molecule has 0 saturated heterocycles. The molecule has 1 aliphatic rings. The molecule has 182 valence electrons. The van der Waals surface area contributed by atoms with Crippen molar-refractivity contribution in [2.75, 3.05) is 0 Å². The van der Waals surface area contributed by atoms with Crippen LogP contribution in [-0.4, -0.2) is 28.2 Å². The SMILES string of the molecule is CCC(C)OC(=O)NC1=Nc2cc(-c3cc(Cc4n[nH]c(=O)c5ccccc45)ccc3F)ccc2C1. The number of nitrogens with one attached hydrogen (secondary N) is 2. The molecule has 7 nitrogen and oxygen atoms in total. The van der Waals surface area contributed by atoms with E-state index >= 15 is 0 Å². The van der Waals surface area contributed by atoms with Gasteiger partial charge in [-0.2, -0.15) is 5.10 Å². The molecule has 0 radical (unpaired) electrons. The highest BCUT2D eigenvalue weighted by Crippen LogP contribution is 2.33. The predicted molar refractivity (Wildman–Crippen MR) is 137 cm³/mol. The Morgan fingerprint density at radius 2 is 1.94 bits per heavy atom. The topological polar surface area (TPSA) is 96.4 Å². The summed E-state index contributed by atoms with van der Waals surface area (Å²) in [6.07, 6.45) is 0.917. The first-order chi connectivity index (χ1) is 17.4. The number of fused-ring (bicyclic) bond motifs is 2. The van der Waals surface area contributed by atoms with Crippen LogP contribution in [0.15, 0.2) is 70.5 Å². The van der Waals surface area contributed by atoms with Gasteiger partial charge in [-0.3, -0.25) is 10.1 Å². The van der Waals surface area contributed by atoms with E-state index in [-0.39, 0.29) is 17.5 Å². The Bertz CT molecular complexity index is 1560. The number of benzene rings is 3. The summed E-state index contributed by atoms with van der Waals surface area (Å²) in [5, 5.41) is 10.8. The van der Waals surface area contributed by atoms with E-state index < -0.39 is 6.09 Å². The monoisotopic (exact) mass is 484 g/mol. The fourth-order valence-electron chi connectivity index (χ4n) is 4.24. The van der Waals surface area contributed by atoms with Gasteiger partial charge in [-0.05, 0) is 54.3 Å². The van der Waals surface area contributed by atoms with Crippen LogP contribution in [0.5, 0.6) is 0 Å². The van der Waals surface area contributed by atoms with E-state index in [1.807, 2.05) is 50.2 Å². The Hall–Kier alpha value is -4.33. The third-order valence-corrected chi connectivity index (χ3v) is 6.32. The zero-order valence-electron chi connectivity index (χ0n) is 20.0. The number of amidine groups is 1. The van der Waals surface area contributed by atoms with Gasteiger partial charge in [0.15, 0.2) is 0 Å². The van der Waals surface area contributed by atoms with Crippen LogP contribution >= 0.6 is 0 Å². The van der Waals surface area contributed by atoms with Crippen molar-refractivity contribution in [1.29, 1.82) is 0 Å². The number of nitrogens with zero attached hydrogens (tertiary/aromatic N) is 2. The van der Waals surface area contributed by atoms with Crippen molar-refractivity contribution in [3.63, 3.8) is 0 Å². The molecule has 0 aliphatic carbocycles. The Morgan fingerprint density at radius 3 is 2.75 bits per heavy atom. The summed E-state index contributed by atoms with van der Waals surface area (Å²) in [5.41, 5.74) is 4.07. The smallest absolute Gasteiger partial charge is 0.412 e. The first-order valence-electron chi connectivity index (χ1n) is 11.8. The average molecular weight is 485 g/mol. The number of halogens is 1. The summed E-state index contributed by atoms with van der Waals surface area (Å²) in [5.74, 6) is 0.149. The second kappa shape index (κ2) is 9.73. The third kappa shape index (κ3) is 4.75. The molecule has 3 aromatic carbocycles. The zero-order chi connectivity index (χ0) is 25.2. The molecule has 8 heteroatoms. The molecular weight excluding hydrogens is 459 g/mol. The number of alkyl carbamates (subject to hydrolysis) is 1. The minimum absolute atomic E-state index is 0.180. The third-order valence-electron chi connectivity index (χ3n) is 6.32. The van der Waals surface area contributed by atoms with E-state index in [0.29, 0.717) is 46.6 Å². The van der Waals surface area contributed by atoms with Gasteiger partial charge >= 0.3 is 6.09 Å². The van der Waals surface area contributed by atoms with Gasteiger partial charge in [0.25, 0.3) is 5.56 Å². The number of ether oxygens (including phenoxy) is 1. The molecule has 2 N–H and O–H groups in total. The molecule has 1 aromatic heterocycles. The van der Waals surface area contributed by atoms with Crippen LogP contribution in [0.4, 0.5) is 14.9 Å². The molecule has 4 aromatic rings. The fraction of sp³-hybridized carbons (Fsp3) is 0.214. The van der Waals surface area contributed by atoms with Gasteiger partial charge in [0.1, 0.15) is 17.8 Å². The highest BCUT2D eigenvalue weighted by molar-refractivity contribution is 6.01. The predicted octanol–water partition coefficient (Wildman–Crippen LogP) is 5.43. The number of rotatable bonds is 5. The van der Waals surface area contributed by atoms with Gasteiger partial charge in [-0.1, -0.05) is 43.3 Å². The van der Waals surface area contributed by atoms with Crippen LogP contribution in [0.1, 0.15) is 37.1 Å². The van der Waals surface area contributed by atoms with E-state index in [1.165, 1.54) is 6.07 Å². The summed E-state index contributed by atoms with van der Waals surface area (Å²) < 4.78 is 20.1. The first-order valence-corrected chi connectivity index (χ1v) is 11.8. The number of hydrogen-bond donors (Lipinski definition) is 2. The number of carbonyl (C=O) groups excluding carboxylic acids is 1. The van der Waals surface area contributed by atoms with Gasteiger partial charge in [0, 0.05) is 23.8 Å². The van der Waals surface area contributed by atoms with Gasteiger partial charge < -0.3 is 4.74 Å². The summed E-state index contributed by atoms with van der Waals surface area (Å²) in [6, 6.07) is 17.8. The summed E-state index contributed by atoms with van der Waals surface area (Å²) in [4.78, 5) is 28.7. The molecule has 2 heterocycles. The maximum Gasteiger partial charge on any atom is 0.412 e. The molecule has 5 rings (SSSR count). The van der Waals surface area contributed by atoms with Gasteiger partial charge in [0.2, 0.25) is 0 Å². The highest BCUT2D eigenvalue weighted by atomic mass is 19.1. The summed E-state index contributed by atoms with van der Waals surface area (Å²) in [6.45, 7) is 3.77. The highest BCUT2D eigenvalue weighted by Gasteiger charge is 2.19. The minimum Gasteiger partial charge on any atom is -0.446 e. The Balaban J connectivity index is 1.40. The Kier molecular flexibility index (Phi) is 6.33. The van der Waals surface area contributed by atoms with E-state index in [1.54, 1.807) is 18.2 Å². The summed E-state index contributed by atoms with van der Waals surface area (Å²) in [7, 11) is 0. The van der Waals surface area contributed by atoms with Crippen molar-refractivity contribution < 1.29 is 13.9 Å². The lowest BCUT2D eigenvalue weighted by Crippen LogP contribution is -2.33. The van der Waals surface area contributed by atoms with Crippen molar-refractivity contribution in [1.82, 2.24) is 15.5 Å². The van der Waals surface area contributed by atoms with E-state index in [2.05, 4.69) is 20.5 Å². The molecule has 0 spiro atoms. The quantitative estimate of drug-likeness (QED) is 0.395. The molecule has 1 unspecified atom stereocenters. The Morgan fingerprint density at radius 1 is 1.14 bits per heavy atom. The van der Waals surface area contributed by atoms with E-state index in [4.69, 9.17) is 4.74 Å². The number of aromatic nitrogens is 2. The number of H-pyrrole nitrogens is 1. The second-order valence-corrected chi connectivity index (χ2v) is 8.86. The van der Waals surface area contributed by atoms with E-state index in [9.17, 15) is 14.0 Å². The van der Waals surface area contributed by atoms with Crippen LogP contribution in [-0.2, 0) is 17.6 Å². The van der Waals surface area contributed by atoms with Crippen LogP contribution in [0, 0.1) is 5.82 Å². The first kappa shape index (κ1) is 23.4. The largest absolute Gasteiger partial charge is 0.446 e. The number of aromatic amines is 1. The van der Waals surface area contributed by atoms with Crippen molar-refractivity contribution in [3.05, 3.63) is 93.7 Å². The second-order valence-electron chi connectivity index (χ2n) is 8.86. The number of carbonyl (C=O) groups is 1. The van der Waals surface area contributed by atoms with Crippen molar-refractivity contribution in [2.24, 2.45) is 4.99 Å². The lowest BCUT2D eigenvalue weighted by molar-refractivity contribution is 0.109. The van der Waals surface area contributed by atoms with E-state index in [0.717, 1.165) is 22.9 Å². The number of hydrogen-bond acceptors (Lipinski definition) is 5. The van der Waals surface area contributed by atoms with Crippen LogP contribution in [0.3, 0.4) is 0 Å². The molecule has 0 fully saturated rings. The maximum absolute atomic E-state index is 14.9. The maximum atomic E-state index is 14.9. The lowest BCUT2D eigenvalue weighted by atomic mass is 9.97. The molecule has 36 heavy (non-hydrogen) atoms. The van der Waals surface area contributed by atoms with Gasteiger partial charge in [0.05, 0.1) is 16.8 Å². The number of aliphatic imine (C=N–C) groups is 1.